The SMILES string of the molecule is O=Cc1ccc(C(=O)N2CCC[C@H](C(=O)c3ccc(Oc4ccccc4)cc3)C2)cc1. The molecule has 31 heavy (non-hydrogen) atoms. The number of carbonyl (C=O) groups is 3. The van der Waals surface area contributed by atoms with Gasteiger partial charge in [-0.05, 0) is 61.4 Å². The Morgan fingerprint density at radius 1 is 0.839 bits per heavy atom. The van der Waals surface area contributed by atoms with Crippen LogP contribution in [0.15, 0.2) is 78.9 Å². The van der Waals surface area contributed by atoms with Crippen LogP contribution in [0.5, 0.6) is 11.5 Å². The maximum absolute atomic E-state index is 13.0. The zero-order valence-corrected chi connectivity index (χ0v) is 17.1. The highest BCUT2D eigenvalue weighted by Crippen LogP contribution is 2.25. The van der Waals surface area contributed by atoms with Gasteiger partial charge in [0.05, 0.1) is 0 Å². The first kappa shape index (κ1) is 20.5. The van der Waals surface area contributed by atoms with E-state index >= 15 is 0 Å². The van der Waals surface area contributed by atoms with Crippen molar-refractivity contribution in [2.24, 2.45) is 5.92 Å². The zero-order chi connectivity index (χ0) is 21.6. The Balaban J connectivity index is 1.41. The van der Waals surface area contributed by atoms with E-state index in [9.17, 15) is 14.4 Å². The second kappa shape index (κ2) is 9.39. The number of likely N-dealkylation sites (tertiary alicyclic amines) is 1. The number of hydrogen-bond donors (Lipinski definition) is 0. The number of para-hydroxylation sites is 1. The Kier molecular flexibility index (Phi) is 6.22. The highest BCUT2D eigenvalue weighted by molar-refractivity contribution is 5.99. The van der Waals surface area contributed by atoms with E-state index in [1.807, 2.05) is 30.3 Å². The Hall–Kier alpha value is -3.73. The zero-order valence-electron chi connectivity index (χ0n) is 17.1. The van der Waals surface area contributed by atoms with Gasteiger partial charge in [-0.1, -0.05) is 30.3 Å². The summed E-state index contributed by atoms with van der Waals surface area (Å²) < 4.78 is 5.79. The largest absolute Gasteiger partial charge is 0.457 e. The lowest BCUT2D eigenvalue weighted by Crippen LogP contribution is -2.42. The Morgan fingerprint density at radius 2 is 1.48 bits per heavy atom. The van der Waals surface area contributed by atoms with Crippen molar-refractivity contribution in [2.75, 3.05) is 13.1 Å². The van der Waals surface area contributed by atoms with Gasteiger partial charge in [0.25, 0.3) is 5.91 Å². The van der Waals surface area contributed by atoms with Crippen molar-refractivity contribution >= 4 is 18.0 Å². The van der Waals surface area contributed by atoms with Crippen LogP contribution in [0.4, 0.5) is 0 Å². The van der Waals surface area contributed by atoms with Gasteiger partial charge in [0.1, 0.15) is 17.8 Å². The quantitative estimate of drug-likeness (QED) is 0.420. The van der Waals surface area contributed by atoms with Gasteiger partial charge in [0.15, 0.2) is 5.78 Å². The number of Topliss-reactive ketones (excluding diaryl/α,β-unsaturated/α-hetero) is 1. The van der Waals surface area contributed by atoms with E-state index in [-0.39, 0.29) is 17.6 Å². The predicted molar refractivity (Wildman–Crippen MR) is 118 cm³/mol. The first-order valence-corrected chi connectivity index (χ1v) is 10.4. The number of amides is 1. The van der Waals surface area contributed by atoms with Crippen LogP contribution in [-0.2, 0) is 0 Å². The highest BCUT2D eigenvalue weighted by Gasteiger charge is 2.29. The molecule has 0 unspecified atom stereocenters. The molecule has 0 spiro atoms. The lowest BCUT2D eigenvalue weighted by molar-refractivity contribution is 0.0636. The number of piperidine rings is 1. The molecular weight excluding hydrogens is 390 g/mol. The lowest BCUT2D eigenvalue weighted by atomic mass is 9.89. The summed E-state index contributed by atoms with van der Waals surface area (Å²) in [4.78, 5) is 38.4. The molecule has 3 aromatic carbocycles. The van der Waals surface area contributed by atoms with Crippen LogP contribution in [-0.4, -0.2) is 36.0 Å². The monoisotopic (exact) mass is 413 g/mol. The van der Waals surface area contributed by atoms with Gasteiger partial charge in [-0.15, -0.1) is 0 Å². The van der Waals surface area contributed by atoms with Gasteiger partial charge in [0, 0.05) is 35.7 Å². The highest BCUT2D eigenvalue weighted by atomic mass is 16.5. The normalized spacial score (nSPS) is 15.9. The minimum absolute atomic E-state index is 0.0417. The number of benzene rings is 3. The van der Waals surface area contributed by atoms with Crippen molar-refractivity contribution in [1.29, 1.82) is 0 Å². The second-order valence-corrected chi connectivity index (χ2v) is 7.63. The lowest BCUT2D eigenvalue weighted by Gasteiger charge is -2.32. The molecule has 0 radical (unpaired) electrons. The molecule has 1 saturated heterocycles. The molecule has 156 valence electrons. The van der Waals surface area contributed by atoms with Gasteiger partial charge in [-0.2, -0.15) is 0 Å². The molecule has 1 aliphatic rings. The summed E-state index contributed by atoms with van der Waals surface area (Å²) in [5.41, 5.74) is 1.68. The fourth-order valence-electron chi connectivity index (χ4n) is 3.81. The third kappa shape index (κ3) is 4.89. The van der Waals surface area contributed by atoms with Crippen LogP contribution in [0, 0.1) is 5.92 Å². The molecule has 4 rings (SSSR count). The van der Waals surface area contributed by atoms with Crippen molar-refractivity contribution in [3.63, 3.8) is 0 Å². The van der Waals surface area contributed by atoms with E-state index in [0.717, 1.165) is 24.9 Å². The first-order chi connectivity index (χ1) is 15.1. The summed E-state index contributed by atoms with van der Waals surface area (Å²) in [7, 11) is 0. The van der Waals surface area contributed by atoms with Crippen LogP contribution >= 0.6 is 0 Å². The molecule has 1 atom stereocenters. The number of rotatable bonds is 6. The Bertz CT molecular complexity index is 1060. The molecule has 0 N–H and O–H groups in total. The van der Waals surface area contributed by atoms with Crippen LogP contribution < -0.4 is 4.74 Å². The standard InChI is InChI=1S/C26H23NO4/c28-18-19-8-10-21(11-9-19)26(30)27-16-4-5-22(17-27)25(29)20-12-14-24(15-13-20)31-23-6-2-1-3-7-23/h1-3,6-15,18,22H,4-5,16-17H2/t22-/m0/s1. The molecule has 0 aromatic heterocycles. The van der Waals surface area contributed by atoms with Crippen molar-refractivity contribution in [3.8, 4) is 11.5 Å². The number of nitrogens with zero attached hydrogens (tertiary/aromatic N) is 1. The van der Waals surface area contributed by atoms with Crippen molar-refractivity contribution < 1.29 is 19.1 Å². The Labute approximate surface area is 181 Å². The van der Waals surface area contributed by atoms with E-state index in [2.05, 4.69) is 0 Å². The molecule has 5 nitrogen and oxygen atoms in total. The molecule has 1 amide bonds. The summed E-state index contributed by atoms with van der Waals surface area (Å²) in [6, 6.07) is 23.2. The summed E-state index contributed by atoms with van der Waals surface area (Å²) in [5, 5.41) is 0. The molecule has 5 heteroatoms. The maximum atomic E-state index is 13.0. The molecule has 0 saturated carbocycles. The number of ketones is 1. The van der Waals surface area contributed by atoms with Crippen LogP contribution in [0.3, 0.4) is 0 Å². The number of ether oxygens (including phenoxy) is 1. The molecule has 3 aromatic rings. The van der Waals surface area contributed by atoms with Crippen LogP contribution in [0.1, 0.15) is 43.9 Å². The van der Waals surface area contributed by atoms with E-state index < -0.39 is 0 Å². The van der Waals surface area contributed by atoms with E-state index in [4.69, 9.17) is 4.74 Å². The maximum Gasteiger partial charge on any atom is 0.253 e. The van der Waals surface area contributed by atoms with E-state index in [1.165, 1.54) is 0 Å². The molecular formula is C26H23NO4. The van der Waals surface area contributed by atoms with E-state index in [1.54, 1.807) is 53.4 Å². The summed E-state index contributed by atoms with van der Waals surface area (Å²) in [5.74, 6) is 1.11. The van der Waals surface area contributed by atoms with Crippen molar-refractivity contribution in [1.82, 2.24) is 4.90 Å². The van der Waals surface area contributed by atoms with Crippen molar-refractivity contribution in [3.05, 3.63) is 95.6 Å². The number of hydrogen-bond acceptors (Lipinski definition) is 4. The van der Waals surface area contributed by atoms with Crippen LogP contribution in [0.2, 0.25) is 0 Å². The van der Waals surface area contributed by atoms with Crippen molar-refractivity contribution in [2.45, 2.75) is 12.8 Å². The topological polar surface area (TPSA) is 63.7 Å². The summed E-state index contributed by atoms with van der Waals surface area (Å²) >= 11 is 0. The molecule has 0 aliphatic carbocycles. The minimum Gasteiger partial charge on any atom is -0.457 e. The summed E-state index contributed by atoms with van der Waals surface area (Å²) in [6.07, 6.45) is 2.29. The smallest absolute Gasteiger partial charge is 0.253 e. The van der Waals surface area contributed by atoms with Gasteiger partial charge in [-0.3, -0.25) is 14.4 Å². The third-order valence-corrected chi connectivity index (χ3v) is 5.49. The molecule has 1 fully saturated rings. The number of aldehydes is 1. The number of carbonyl (C=O) groups excluding carboxylic acids is 3. The average molecular weight is 413 g/mol. The van der Waals surface area contributed by atoms with Crippen LogP contribution in [0.25, 0.3) is 0 Å². The molecule has 1 aliphatic heterocycles. The predicted octanol–water partition coefficient (Wildman–Crippen LogP) is 5.03. The molecule has 0 bridgehead atoms. The first-order valence-electron chi connectivity index (χ1n) is 10.4. The fourth-order valence-corrected chi connectivity index (χ4v) is 3.81. The minimum atomic E-state index is -0.229. The molecule has 1 heterocycles. The van der Waals surface area contributed by atoms with E-state index in [0.29, 0.717) is 35.5 Å². The average Bonchev–Trinajstić information content (AvgIpc) is 2.84. The fraction of sp³-hybridized carbons (Fsp3) is 0.192. The summed E-state index contributed by atoms with van der Waals surface area (Å²) in [6.45, 7) is 1.03. The third-order valence-electron chi connectivity index (χ3n) is 5.49. The van der Waals surface area contributed by atoms with Gasteiger partial charge in [-0.25, -0.2) is 0 Å². The van der Waals surface area contributed by atoms with Gasteiger partial charge in [0.2, 0.25) is 0 Å². The van der Waals surface area contributed by atoms with Gasteiger partial charge >= 0.3 is 0 Å². The Morgan fingerprint density at radius 3 is 2.16 bits per heavy atom. The second-order valence-electron chi connectivity index (χ2n) is 7.63. The van der Waals surface area contributed by atoms with Gasteiger partial charge < -0.3 is 9.64 Å².